The van der Waals surface area contributed by atoms with Crippen LogP contribution in [0.5, 0.6) is 5.75 Å². The standard InChI is InChI=1S/C23H24N2O5/c1-16(22(26)24-17-9-11-18(12-10-17)25(2)3)29-23(27)21-14-13-20(30-21)15-28-19-7-5-4-6-8-19/h4-14,16H,15H2,1-3H3,(H,24,26)/t16-/m1/s1. The number of furan rings is 1. The van der Waals surface area contributed by atoms with Crippen LogP contribution in [0, 0.1) is 0 Å². The molecule has 30 heavy (non-hydrogen) atoms. The molecule has 0 aliphatic heterocycles. The molecule has 7 nitrogen and oxygen atoms in total. The van der Waals surface area contributed by atoms with E-state index in [-0.39, 0.29) is 12.4 Å². The fraction of sp³-hybridized carbons (Fsp3) is 0.217. The summed E-state index contributed by atoms with van der Waals surface area (Å²) in [6.45, 7) is 1.68. The van der Waals surface area contributed by atoms with Crippen LogP contribution in [0.15, 0.2) is 71.1 Å². The number of para-hydroxylation sites is 1. The molecule has 0 saturated heterocycles. The number of hydrogen-bond donors (Lipinski definition) is 1. The van der Waals surface area contributed by atoms with Crippen LogP contribution >= 0.6 is 0 Å². The summed E-state index contributed by atoms with van der Waals surface area (Å²) in [5, 5.41) is 2.72. The van der Waals surface area contributed by atoms with Crippen molar-refractivity contribution in [2.45, 2.75) is 19.6 Å². The highest BCUT2D eigenvalue weighted by molar-refractivity contribution is 5.96. The van der Waals surface area contributed by atoms with Crippen LogP contribution < -0.4 is 15.0 Å². The van der Waals surface area contributed by atoms with Gasteiger partial charge in [-0.25, -0.2) is 4.79 Å². The Balaban J connectivity index is 1.51. The summed E-state index contributed by atoms with van der Waals surface area (Å²) in [4.78, 5) is 26.5. The zero-order valence-electron chi connectivity index (χ0n) is 17.1. The van der Waals surface area contributed by atoms with Crippen LogP contribution in [0.1, 0.15) is 23.2 Å². The third kappa shape index (κ3) is 5.64. The van der Waals surface area contributed by atoms with Crippen molar-refractivity contribution >= 4 is 23.3 Å². The van der Waals surface area contributed by atoms with Gasteiger partial charge in [0.05, 0.1) is 0 Å². The van der Waals surface area contributed by atoms with Gasteiger partial charge in [0.15, 0.2) is 6.10 Å². The monoisotopic (exact) mass is 408 g/mol. The van der Waals surface area contributed by atoms with Gasteiger partial charge in [-0.3, -0.25) is 4.79 Å². The van der Waals surface area contributed by atoms with E-state index in [2.05, 4.69) is 5.32 Å². The summed E-state index contributed by atoms with van der Waals surface area (Å²) in [5.41, 5.74) is 1.63. The molecule has 0 fully saturated rings. The molecule has 3 rings (SSSR count). The highest BCUT2D eigenvalue weighted by Crippen LogP contribution is 2.17. The number of carbonyl (C=O) groups excluding carboxylic acids is 2. The molecule has 0 saturated carbocycles. The molecular weight excluding hydrogens is 384 g/mol. The Morgan fingerprint density at radius 2 is 1.70 bits per heavy atom. The van der Waals surface area contributed by atoms with Crippen molar-refractivity contribution in [3.05, 3.63) is 78.3 Å². The second kappa shape index (κ2) is 9.65. The van der Waals surface area contributed by atoms with E-state index < -0.39 is 18.0 Å². The van der Waals surface area contributed by atoms with E-state index in [1.54, 1.807) is 18.2 Å². The lowest BCUT2D eigenvalue weighted by atomic mass is 10.2. The van der Waals surface area contributed by atoms with E-state index in [1.165, 1.54) is 13.0 Å². The van der Waals surface area contributed by atoms with E-state index in [9.17, 15) is 9.59 Å². The molecule has 1 amide bonds. The van der Waals surface area contributed by atoms with E-state index in [4.69, 9.17) is 13.9 Å². The minimum atomic E-state index is -0.986. The normalized spacial score (nSPS) is 11.4. The number of ether oxygens (including phenoxy) is 2. The first-order valence-corrected chi connectivity index (χ1v) is 9.48. The molecule has 7 heteroatoms. The third-order valence-electron chi connectivity index (χ3n) is 4.29. The van der Waals surface area contributed by atoms with Crippen molar-refractivity contribution in [1.29, 1.82) is 0 Å². The number of benzene rings is 2. The maximum absolute atomic E-state index is 12.3. The van der Waals surface area contributed by atoms with Crippen molar-refractivity contribution in [3.63, 3.8) is 0 Å². The molecule has 0 radical (unpaired) electrons. The molecule has 3 aromatic rings. The Morgan fingerprint density at radius 3 is 2.37 bits per heavy atom. The van der Waals surface area contributed by atoms with Crippen molar-refractivity contribution in [2.75, 3.05) is 24.3 Å². The largest absolute Gasteiger partial charge is 0.486 e. The molecule has 1 aromatic heterocycles. The number of nitrogens with one attached hydrogen (secondary N) is 1. The number of carbonyl (C=O) groups is 2. The zero-order valence-corrected chi connectivity index (χ0v) is 17.1. The third-order valence-corrected chi connectivity index (χ3v) is 4.29. The van der Waals surface area contributed by atoms with Crippen molar-refractivity contribution in [3.8, 4) is 5.75 Å². The number of esters is 1. The number of hydrogen-bond acceptors (Lipinski definition) is 6. The van der Waals surface area contributed by atoms with Gasteiger partial charge in [0.1, 0.15) is 18.1 Å². The van der Waals surface area contributed by atoms with E-state index in [0.717, 1.165) is 5.69 Å². The fourth-order valence-corrected chi connectivity index (χ4v) is 2.60. The lowest BCUT2D eigenvalue weighted by Crippen LogP contribution is -2.29. The number of nitrogens with zero attached hydrogens (tertiary/aromatic N) is 1. The molecule has 156 valence electrons. The van der Waals surface area contributed by atoms with E-state index >= 15 is 0 Å². The van der Waals surface area contributed by atoms with Crippen molar-refractivity contribution in [1.82, 2.24) is 0 Å². The Bertz CT molecular complexity index is 980. The van der Waals surface area contributed by atoms with Gasteiger partial charge < -0.3 is 24.1 Å². The Kier molecular flexibility index (Phi) is 6.75. The predicted molar refractivity (Wildman–Crippen MR) is 114 cm³/mol. The Labute approximate surface area is 175 Å². The van der Waals surface area contributed by atoms with Crippen LogP contribution in [0.25, 0.3) is 0 Å². The minimum Gasteiger partial charge on any atom is -0.486 e. The van der Waals surface area contributed by atoms with E-state index in [1.807, 2.05) is 61.5 Å². The van der Waals surface area contributed by atoms with Crippen LogP contribution in [0.4, 0.5) is 11.4 Å². The highest BCUT2D eigenvalue weighted by Gasteiger charge is 2.21. The summed E-state index contributed by atoms with van der Waals surface area (Å²) in [6.07, 6.45) is -0.986. The summed E-state index contributed by atoms with van der Waals surface area (Å²) >= 11 is 0. The molecule has 0 unspecified atom stereocenters. The maximum Gasteiger partial charge on any atom is 0.375 e. The van der Waals surface area contributed by atoms with Crippen molar-refractivity contribution < 1.29 is 23.5 Å². The topological polar surface area (TPSA) is 81.0 Å². The molecule has 1 atom stereocenters. The number of rotatable bonds is 8. The lowest BCUT2D eigenvalue weighted by Gasteiger charge is -2.15. The SMILES string of the molecule is C[C@@H](OC(=O)c1ccc(COc2ccccc2)o1)C(=O)Nc1ccc(N(C)C)cc1. The van der Waals surface area contributed by atoms with Gasteiger partial charge in [-0.2, -0.15) is 0 Å². The smallest absolute Gasteiger partial charge is 0.375 e. The second-order valence-corrected chi connectivity index (χ2v) is 6.85. The van der Waals surface area contributed by atoms with Crippen LogP contribution in [-0.4, -0.2) is 32.1 Å². The summed E-state index contributed by atoms with van der Waals surface area (Å²) in [6, 6.07) is 19.7. The molecule has 0 spiro atoms. The first-order valence-electron chi connectivity index (χ1n) is 9.48. The lowest BCUT2D eigenvalue weighted by molar-refractivity contribution is -0.123. The minimum absolute atomic E-state index is 0.0108. The van der Waals surface area contributed by atoms with Crippen LogP contribution in [0.2, 0.25) is 0 Å². The van der Waals surface area contributed by atoms with Crippen molar-refractivity contribution in [2.24, 2.45) is 0 Å². The van der Waals surface area contributed by atoms with Gasteiger partial charge in [-0.15, -0.1) is 0 Å². The quantitative estimate of drug-likeness (QED) is 0.565. The molecule has 0 bridgehead atoms. The summed E-state index contributed by atoms with van der Waals surface area (Å²) in [5.74, 6) is 0.0363. The molecule has 1 N–H and O–H groups in total. The Hall–Kier alpha value is -3.74. The average molecular weight is 408 g/mol. The fourth-order valence-electron chi connectivity index (χ4n) is 2.60. The van der Waals surface area contributed by atoms with Gasteiger partial charge in [0.2, 0.25) is 5.76 Å². The van der Waals surface area contributed by atoms with Gasteiger partial charge >= 0.3 is 5.97 Å². The predicted octanol–water partition coefficient (Wildman–Crippen LogP) is 4.11. The van der Waals surface area contributed by atoms with Crippen LogP contribution in [0.3, 0.4) is 0 Å². The molecule has 1 heterocycles. The van der Waals surface area contributed by atoms with Gasteiger partial charge in [0.25, 0.3) is 5.91 Å². The molecule has 0 aliphatic rings. The summed E-state index contributed by atoms with van der Waals surface area (Å²) < 4.78 is 16.3. The van der Waals surface area contributed by atoms with Gasteiger partial charge in [-0.1, -0.05) is 18.2 Å². The van der Waals surface area contributed by atoms with E-state index in [0.29, 0.717) is 17.2 Å². The van der Waals surface area contributed by atoms with Gasteiger partial charge in [0, 0.05) is 25.5 Å². The zero-order chi connectivity index (χ0) is 21.5. The summed E-state index contributed by atoms with van der Waals surface area (Å²) in [7, 11) is 3.87. The number of anilines is 2. The molecule has 0 aliphatic carbocycles. The highest BCUT2D eigenvalue weighted by atomic mass is 16.6. The maximum atomic E-state index is 12.3. The van der Waals surface area contributed by atoms with Gasteiger partial charge in [-0.05, 0) is 55.5 Å². The number of amides is 1. The molecular formula is C23H24N2O5. The first-order chi connectivity index (χ1) is 14.4. The average Bonchev–Trinajstić information content (AvgIpc) is 3.22. The second-order valence-electron chi connectivity index (χ2n) is 6.85. The Morgan fingerprint density at radius 1 is 1.00 bits per heavy atom. The first kappa shape index (κ1) is 21.0. The molecule has 2 aromatic carbocycles. The van der Waals surface area contributed by atoms with Crippen LogP contribution in [-0.2, 0) is 16.1 Å².